The second kappa shape index (κ2) is 5.76. The second-order valence-corrected chi connectivity index (χ2v) is 9.66. The third-order valence-corrected chi connectivity index (χ3v) is 8.72. The van der Waals surface area contributed by atoms with Crippen LogP contribution in [-0.2, 0) is 14.3 Å². The van der Waals surface area contributed by atoms with Crippen LogP contribution in [0.5, 0.6) is 0 Å². The van der Waals surface area contributed by atoms with Gasteiger partial charge in [-0.3, -0.25) is 4.79 Å². The highest BCUT2D eigenvalue weighted by Gasteiger charge is 2.76. The van der Waals surface area contributed by atoms with E-state index in [1.807, 2.05) is 0 Å². The average Bonchev–Trinajstić information content (AvgIpc) is 2.84. The number of halogens is 1. The molecule has 3 saturated carbocycles. The topological polar surface area (TPSA) is 83.8 Å². The predicted octanol–water partition coefficient (Wildman–Crippen LogP) is 2.51. The summed E-state index contributed by atoms with van der Waals surface area (Å²) in [6, 6.07) is 0. The van der Waals surface area contributed by atoms with E-state index in [4.69, 9.17) is 4.74 Å². The molecule has 3 fully saturated rings. The van der Waals surface area contributed by atoms with E-state index in [9.17, 15) is 19.8 Å². The van der Waals surface area contributed by atoms with E-state index in [-0.39, 0.29) is 18.1 Å². The molecule has 4 rings (SSSR count). The minimum Gasteiger partial charge on any atom is -0.467 e. The summed E-state index contributed by atoms with van der Waals surface area (Å²) in [6.07, 6.45) is 4.61. The molecule has 0 amide bonds. The summed E-state index contributed by atoms with van der Waals surface area (Å²) < 4.78 is 21.8. The van der Waals surface area contributed by atoms with Crippen LogP contribution in [0.15, 0.2) is 23.8 Å². The van der Waals surface area contributed by atoms with Gasteiger partial charge in [0, 0.05) is 16.7 Å². The maximum Gasteiger partial charge on any atom is 0.338 e. The molecule has 0 bridgehead atoms. The Hall–Kier alpha value is -1.53. The van der Waals surface area contributed by atoms with Gasteiger partial charge in [-0.25, -0.2) is 9.18 Å². The molecule has 0 radical (unpaired) electrons. The number of ketones is 1. The molecule has 154 valence electrons. The Morgan fingerprint density at radius 1 is 1.32 bits per heavy atom. The minimum atomic E-state index is -1.96. The Labute approximate surface area is 164 Å². The highest BCUT2D eigenvalue weighted by Crippen LogP contribution is 2.70. The predicted molar refractivity (Wildman–Crippen MR) is 99.9 cm³/mol. The molecule has 8 atom stereocenters. The van der Waals surface area contributed by atoms with Crippen LogP contribution in [-0.4, -0.2) is 46.4 Å². The van der Waals surface area contributed by atoms with Crippen LogP contribution in [0, 0.1) is 28.6 Å². The van der Waals surface area contributed by atoms with E-state index in [0.717, 1.165) is 5.57 Å². The van der Waals surface area contributed by atoms with Crippen molar-refractivity contribution in [2.24, 2.45) is 28.6 Å². The lowest BCUT2D eigenvalue weighted by atomic mass is 9.45. The Bertz CT molecular complexity index is 805. The molecule has 0 heterocycles. The van der Waals surface area contributed by atoms with Gasteiger partial charge in [-0.1, -0.05) is 25.5 Å². The number of hydrogen-bond donors (Lipinski definition) is 2. The zero-order valence-corrected chi connectivity index (χ0v) is 16.9. The van der Waals surface area contributed by atoms with Gasteiger partial charge >= 0.3 is 5.97 Å². The number of ether oxygens (including phenoxy) is 1. The van der Waals surface area contributed by atoms with Crippen LogP contribution in [0.3, 0.4) is 0 Å². The molecular weight excluding hydrogens is 363 g/mol. The van der Waals surface area contributed by atoms with E-state index in [1.54, 1.807) is 26.8 Å². The molecule has 0 aliphatic heterocycles. The lowest BCUT2D eigenvalue weighted by molar-refractivity contribution is -0.226. The molecule has 0 aromatic carbocycles. The lowest BCUT2D eigenvalue weighted by Crippen LogP contribution is -2.69. The number of carbonyl (C=O) groups is 2. The summed E-state index contributed by atoms with van der Waals surface area (Å²) in [6.45, 7) is 5.33. The molecular formula is C22H29FO5. The Balaban J connectivity index is 1.84. The summed E-state index contributed by atoms with van der Waals surface area (Å²) in [5.41, 5.74) is -5.05. The highest BCUT2D eigenvalue weighted by molar-refractivity contribution is 6.01. The Morgan fingerprint density at radius 3 is 2.64 bits per heavy atom. The third kappa shape index (κ3) is 1.98. The minimum absolute atomic E-state index is 0.0364. The molecule has 6 heteroatoms. The molecule has 4 aliphatic rings. The quantitative estimate of drug-likeness (QED) is 0.670. The van der Waals surface area contributed by atoms with Crippen LogP contribution in [0.1, 0.15) is 46.5 Å². The first-order chi connectivity index (χ1) is 13.0. The number of alkyl halides is 1. The largest absolute Gasteiger partial charge is 0.467 e. The van der Waals surface area contributed by atoms with Gasteiger partial charge < -0.3 is 14.9 Å². The summed E-state index contributed by atoms with van der Waals surface area (Å²) in [5.74, 6) is -2.07. The summed E-state index contributed by atoms with van der Waals surface area (Å²) >= 11 is 0. The molecule has 2 unspecified atom stereocenters. The van der Waals surface area contributed by atoms with Gasteiger partial charge in [0.05, 0.1) is 13.2 Å². The van der Waals surface area contributed by atoms with E-state index in [2.05, 4.69) is 0 Å². The first-order valence-electron chi connectivity index (χ1n) is 10.1. The van der Waals surface area contributed by atoms with Crippen molar-refractivity contribution in [3.05, 3.63) is 23.8 Å². The first kappa shape index (κ1) is 19.8. The summed E-state index contributed by atoms with van der Waals surface area (Å²) in [5, 5.41) is 22.6. The van der Waals surface area contributed by atoms with Crippen LogP contribution in [0.2, 0.25) is 0 Å². The first-order valence-corrected chi connectivity index (χ1v) is 10.1. The summed E-state index contributed by atoms with van der Waals surface area (Å²) in [7, 11) is 1.24. The molecule has 2 N–H and O–H groups in total. The second-order valence-electron chi connectivity index (χ2n) is 9.66. The van der Waals surface area contributed by atoms with Crippen LogP contribution < -0.4 is 0 Å². The standard InChI is InChI=1S/C22H29FO5/c1-12-9-16-15-6-5-13-10-14(24)7-8-19(13,2)21(15,23)17(25)11-20(16,3)22(12,27)18(26)28-4/h7-8,10,12,15-17,25,27H,5-6,9,11H2,1-4H3/t12-,15?,16?,17+,19+,20+,21+,22+/m1/s1. The number of esters is 1. The van der Waals surface area contributed by atoms with E-state index in [0.29, 0.717) is 19.3 Å². The Morgan fingerprint density at radius 2 is 2.00 bits per heavy atom. The van der Waals surface area contributed by atoms with Crippen molar-refractivity contribution in [3.63, 3.8) is 0 Å². The van der Waals surface area contributed by atoms with Gasteiger partial charge in [-0.2, -0.15) is 0 Å². The number of allylic oxidation sites excluding steroid dienone is 4. The molecule has 28 heavy (non-hydrogen) atoms. The SMILES string of the molecule is COC(=O)[C@@]1(O)[C@H](C)CC2C3CCC4=CC(=O)C=C[C@]4(C)[C@@]3(F)[C@@H](O)C[C@@]21C. The van der Waals surface area contributed by atoms with Crippen molar-refractivity contribution in [3.8, 4) is 0 Å². The number of rotatable bonds is 1. The van der Waals surface area contributed by atoms with Crippen LogP contribution >= 0.6 is 0 Å². The average molecular weight is 392 g/mol. The summed E-state index contributed by atoms with van der Waals surface area (Å²) in [4.78, 5) is 24.4. The fourth-order valence-electron chi connectivity index (χ4n) is 7.14. The zero-order chi connectivity index (χ0) is 20.7. The maximum atomic E-state index is 16.9. The lowest BCUT2D eigenvalue weighted by Gasteiger charge is -2.62. The number of aliphatic hydroxyl groups is 2. The van der Waals surface area contributed by atoms with E-state index >= 15 is 4.39 Å². The smallest absolute Gasteiger partial charge is 0.338 e. The van der Waals surface area contributed by atoms with Crippen molar-refractivity contribution in [1.29, 1.82) is 0 Å². The van der Waals surface area contributed by atoms with Gasteiger partial charge in [0.15, 0.2) is 17.1 Å². The Kier molecular flexibility index (Phi) is 4.07. The molecule has 0 saturated heterocycles. The van der Waals surface area contributed by atoms with Gasteiger partial charge in [0.1, 0.15) is 0 Å². The fraction of sp³-hybridized carbons (Fsp3) is 0.727. The monoisotopic (exact) mass is 392 g/mol. The number of hydrogen-bond acceptors (Lipinski definition) is 5. The van der Waals surface area contributed by atoms with Crippen LogP contribution in [0.25, 0.3) is 0 Å². The number of methoxy groups -OCH3 is 1. The van der Waals surface area contributed by atoms with Gasteiger partial charge in [0.2, 0.25) is 0 Å². The molecule has 4 aliphatic carbocycles. The zero-order valence-electron chi connectivity index (χ0n) is 16.9. The number of carbonyl (C=O) groups excluding carboxylic acids is 2. The number of aliphatic hydroxyl groups excluding tert-OH is 1. The van der Waals surface area contributed by atoms with Crippen molar-refractivity contribution in [1.82, 2.24) is 0 Å². The van der Waals surface area contributed by atoms with Crippen LogP contribution in [0.4, 0.5) is 4.39 Å². The van der Waals surface area contributed by atoms with Crippen molar-refractivity contribution >= 4 is 11.8 Å². The van der Waals surface area contributed by atoms with Gasteiger partial charge in [-0.15, -0.1) is 0 Å². The van der Waals surface area contributed by atoms with E-state index < -0.39 is 46.0 Å². The number of fused-ring (bicyclic) bond motifs is 5. The van der Waals surface area contributed by atoms with Crippen molar-refractivity contribution in [2.45, 2.75) is 63.8 Å². The molecule has 0 aromatic heterocycles. The normalized spacial score (nSPS) is 52.4. The highest BCUT2D eigenvalue weighted by atomic mass is 19.1. The molecule has 0 aromatic rings. The van der Waals surface area contributed by atoms with Crippen molar-refractivity contribution in [2.75, 3.05) is 7.11 Å². The maximum absolute atomic E-state index is 16.9. The molecule has 5 nitrogen and oxygen atoms in total. The van der Waals surface area contributed by atoms with Gasteiger partial charge in [-0.05, 0) is 56.6 Å². The molecule has 0 spiro atoms. The fourth-order valence-corrected chi connectivity index (χ4v) is 7.14. The van der Waals surface area contributed by atoms with Gasteiger partial charge in [0.25, 0.3) is 0 Å². The third-order valence-electron chi connectivity index (χ3n) is 8.72. The van der Waals surface area contributed by atoms with Crippen molar-refractivity contribution < 1.29 is 28.9 Å². The van der Waals surface area contributed by atoms with E-state index in [1.165, 1.54) is 19.3 Å².